The van der Waals surface area contributed by atoms with Crippen LogP contribution < -0.4 is 0 Å². The van der Waals surface area contributed by atoms with Crippen LogP contribution in [0.5, 0.6) is 0 Å². The Balaban J connectivity index is 1.23. The van der Waals surface area contributed by atoms with Crippen LogP contribution in [0.15, 0.2) is 43.2 Å². The number of aromatic nitrogens is 5. The van der Waals surface area contributed by atoms with E-state index in [1.165, 1.54) is 0 Å². The van der Waals surface area contributed by atoms with Gasteiger partial charge in [0.2, 0.25) is 5.91 Å². The van der Waals surface area contributed by atoms with Gasteiger partial charge in [-0.25, -0.2) is 9.97 Å². The lowest BCUT2D eigenvalue weighted by Gasteiger charge is -2.34. The molecule has 0 saturated carbocycles. The molecule has 0 spiro atoms. The van der Waals surface area contributed by atoms with Crippen molar-refractivity contribution in [3.8, 4) is 0 Å². The summed E-state index contributed by atoms with van der Waals surface area (Å²) in [5, 5.41) is 4.12. The van der Waals surface area contributed by atoms with Gasteiger partial charge in [0.1, 0.15) is 12.7 Å². The van der Waals surface area contributed by atoms with Gasteiger partial charge in [0.05, 0.1) is 23.9 Å². The molecule has 3 heterocycles. The maximum Gasteiger partial charge on any atom is 0.224 e. The summed E-state index contributed by atoms with van der Waals surface area (Å²) in [5.74, 6) is 0.221. The van der Waals surface area contributed by atoms with Gasteiger partial charge in [0.15, 0.2) is 0 Å². The minimum atomic E-state index is 0.221. The van der Waals surface area contributed by atoms with Crippen LogP contribution >= 0.6 is 0 Å². The minimum absolute atomic E-state index is 0.221. The molecule has 8 nitrogen and oxygen atoms in total. The molecule has 3 aromatic rings. The topological polar surface area (TPSA) is 72.1 Å². The summed E-state index contributed by atoms with van der Waals surface area (Å²) in [5.41, 5.74) is 2.05. The van der Waals surface area contributed by atoms with Gasteiger partial charge in [-0.1, -0.05) is 12.1 Å². The second-order valence-corrected chi connectivity index (χ2v) is 6.56. The first-order chi connectivity index (χ1) is 12.8. The van der Waals surface area contributed by atoms with Gasteiger partial charge in [-0.3, -0.25) is 14.4 Å². The monoisotopic (exact) mass is 353 g/mol. The predicted molar refractivity (Wildman–Crippen MR) is 97.4 cm³/mol. The van der Waals surface area contributed by atoms with Gasteiger partial charge in [-0.15, -0.1) is 0 Å². The summed E-state index contributed by atoms with van der Waals surface area (Å²) in [6, 6.07) is 8.01. The first kappa shape index (κ1) is 16.7. The second-order valence-electron chi connectivity index (χ2n) is 6.56. The van der Waals surface area contributed by atoms with Crippen molar-refractivity contribution in [3.05, 3.63) is 43.2 Å². The highest BCUT2D eigenvalue weighted by molar-refractivity contribution is 5.77. The maximum atomic E-state index is 12.5. The number of imidazole rings is 1. The number of para-hydroxylation sites is 2. The van der Waals surface area contributed by atoms with E-state index in [-0.39, 0.29) is 5.91 Å². The lowest BCUT2D eigenvalue weighted by molar-refractivity contribution is -0.133. The zero-order valence-corrected chi connectivity index (χ0v) is 14.7. The normalized spacial score (nSPS) is 15.6. The molecule has 0 unspecified atom stereocenters. The Kier molecular flexibility index (Phi) is 4.92. The van der Waals surface area contributed by atoms with Crippen molar-refractivity contribution in [1.82, 2.24) is 34.1 Å². The highest BCUT2D eigenvalue weighted by Crippen LogP contribution is 2.13. The van der Waals surface area contributed by atoms with Crippen molar-refractivity contribution >= 4 is 16.9 Å². The van der Waals surface area contributed by atoms with E-state index in [0.717, 1.165) is 50.3 Å². The van der Waals surface area contributed by atoms with Crippen molar-refractivity contribution in [3.63, 3.8) is 0 Å². The second kappa shape index (κ2) is 7.65. The van der Waals surface area contributed by atoms with Gasteiger partial charge in [0.25, 0.3) is 0 Å². The summed E-state index contributed by atoms with van der Waals surface area (Å²) < 4.78 is 3.90. The molecule has 0 radical (unpaired) electrons. The molecule has 1 aromatic carbocycles. The number of piperazine rings is 1. The van der Waals surface area contributed by atoms with Gasteiger partial charge in [-0.05, 0) is 12.1 Å². The fourth-order valence-electron chi connectivity index (χ4n) is 3.38. The third-order valence-corrected chi connectivity index (χ3v) is 4.93. The number of nitrogens with zero attached hydrogens (tertiary/aromatic N) is 7. The van der Waals surface area contributed by atoms with Gasteiger partial charge in [0, 0.05) is 45.7 Å². The first-order valence-electron chi connectivity index (χ1n) is 9.02. The number of hydrogen-bond acceptors (Lipinski definition) is 5. The van der Waals surface area contributed by atoms with E-state index in [1.54, 1.807) is 12.7 Å². The molecule has 0 atom stereocenters. The molecule has 136 valence electrons. The van der Waals surface area contributed by atoms with E-state index in [2.05, 4.69) is 24.5 Å². The van der Waals surface area contributed by atoms with Crippen molar-refractivity contribution in [2.24, 2.45) is 0 Å². The predicted octanol–water partition coefficient (Wildman–Crippen LogP) is 0.862. The Morgan fingerprint density at radius 2 is 1.85 bits per heavy atom. The molecule has 1 aliphatic heterocycles. The lowest BCUT2D eigenvalue weighted by atomic mass is 10.2. The molecule has 26 heavy (non-hydrogen) atoms. The summed E-state index contributed by atoms with van der Waals surface area (Å²) in [7, 11) is 0. The fourth-order valence-corrected chi connectivity index (χ4v) is 3.38. The summed E-state index contributed by atoms with van der Waals surface area (Å²) >= 11 is 0. The average molecular weight is 353 g/mol. The molecule has 8 heteroatoms. The Hall–Kier alpha value is -2.74. The summed E-state index contributed by atoms with van der Waals surface area (Å²) in [6.45, 7) is 5.85. The zero-order chi connectivity index (χ0) is 17.8. The van der Waals surface area contributed by atoms with Crippen LogP contribution in [-0.2, 0) is 17.9 Å². The lowest BCUT2D eigenvalue weighted by Crippen LogP contribution is -2.49. The number of carbonyl (C=O) groups excluding carboxylic acids is 1. The van der Waals surface area contributed by atoms with Crippen LogP contribution in [0.2, 0.25) is 0 Å². The fraction of sp³-hybridized carbons (Fsp3) is 0.444. The van der Waals surface area contributed by atoms with Crippen molar-refractivity contribution in [2.45, 2.75) is 19.5 Å². The van der Waals surface area contributed by atoms with Crippen LogP contribution in [-0.4, -0.2) is 72.7 Å². The van der Waals surface area contributed by atoms with E-state index in [9.17, 15) is 4.79 Å². The molecular formula is C18H23N7O. The average Bonchev–Trinajstić information content (AvgIpc) is 3.35. The number of amides is 1. The van der Waals surface area contributed by atoms with E-state index in [4.69, 9.17) is 0 Å². The van der Waals surface area contributed by atoms with E-state index < -0.39 is 0 Å². The zero-order valence-electron chi connectivity index (χ0n) is 14.7. The molecule has 1 saturated heterocycles. The minimum Gasteiger partial charge on any atom is -0.340 e. The van der Waals surface area contributed by atoms with Crippen LogP contribution in [0.4, 0.5) is 0 Å². The molecule has 4 rings (SSSR count). The van der Waals surface area contributed by atoms with Crippen LogP contribution in [0.3, 0.4) is 0 Å². The maximum absolute atomic E-state index is 12.5. The molecule has 0 aliphatic carbocycles. The smallest absolute Gasteiger partial charge is 0.224 e. The van der Waals surface area contributed by atoms with Crippen LogP contribution in [0.25, 0.3) is 11.0 Å². The van der Waals surface area contributed by atoms with E-state index >= 15 is 0 Å². The van der Waals surface area contributed by atoms with Gasteiger partial charge < -0.3 is 9.47 Å². The molecule has 1 aliphatic rings. The first-order valence-corrected chi connectivity index (χ1v) is 9.02. The SMILES string of the molecule is O=C(CCn1cnc2ccccc21)N1CCN(CCn2cncn2)CC1. The van der Waals surface area contributed by atoms with Gasteiger partial charge >= 0.3 is 0 Å². The van der Waals surface area contributed by atoms with Crippen LogP contribution in [0.1, 0.15) is 6.42 Å². The third kappa shape index (κ3) is 3.75. The van der Waals surface area contributed by atoms with E-state index in [0.29, 0.717) is 13.0 Å². The van der Waals surface area contributed by atoms with Crippen molar-refractivity contribution in [1.29, 1.82) is 0 Å². The molecule has 1 amide bonds. The molecule has 2 aromatic heterocycles. The highest BCUT2D eigenvalue weighted by Gasteiger charge is 2.20. The van der Waals surface area contributed by atoms with Crippen molar-refractivity contribution < 1.29 is 4.79 Å². The summed E-state index contributed by atoms with van der Waals surface area (Å²) in [6.07, 6.45) is 5.62. The molecule has 0 N–H and O–H groups in total. The van der Waals surface area contributed by atoms with E-state index in [1.807, 2.05) is 40.2 Å². The Morgan fingerprint density at radius 3 is 2.65 bits per heavy atom. The number of rotatable bonds is 6. The number of fused-ring (bicyclic) bond motifs is 1. The Labute approximate surface area is 152 Å². The van der Waals surface area contributed by atoms with Crippen molar-refractivity contribution in [2.75, 3.05) is 32.7 Å². The largest absolute Gasteiger partial charge is 0.340 e. The summed E-state index contributed by atoms with van der Waals surface area (Å²) in [4.78, 5) is 25.2. The quantitative estimate of drug-likeness (QED) is 0.657. The molecular weight excluding hydrogens is 330 g/mol. The molecule has 0 bridgehead atoms. The molecule has 1 fully saturated rings. The number of aryl methyl sites for hydroxylation is 1. The number of carbonyl (C=O) groups is 1. The Bertz CT molecular complexity index is 849. The number of hydrogen-bond donors (Lipinski definition) is 0. The number of benzene rings is 1. The standard InChI is InChI=1S/C18H23N7O/c26-18(5-6-24-15-20-16-3-1-2-4-17(16)24)23-10-7-22(8-11-23)9-12-25-14-19-13-21-25/h1-4,13-15H,5-12H2. The van der Waals surface area contributed by atoms with Gasteiger partial charge in [-0.2, -0.15) is 5.10 Å². The Morgan fingerprint density at radius 1 is 1.00 bits per heavy atom. The highest BCUT2D eigenvalue weighted by atomic mass is 16.2. The van der Waals surface area contributed by atoms with Crippen LogP contribution in [0, 0.1) is 0 Å². The third-order valence-electron chi connectivity index (χ3n) is 4.93.